The van der Waals surface area contributed by atoms with Crippen molar-refractivity contribution in [1.82, 2.24) is 0 Å². The highest BCUT2D eigenvalue weighted by Crippen LogP contribution is 2.32. The number of rotatable bonds is 2. The zero-order valence-electron chi connectivity index (χ0n) is 8.57. The van der Waals surface area contributed by atoms with Crippen molar-refractivity contribution in [3.8, 4) is 0 Å². The van der Waals surface area contributed by atoms with Crippen LogP contribution in [0.25, 0.3) is 0 Å². The van der Waals surface area contributed by atoms with Crippen LogP contribution in [0.5, 0.6) is 0 Å². The van der Waals surface area contributed by atoms with Gasteiger partial charge in [0.1, 0.15) is 0 Å². The van der Waals surface area contributed by atoms with Crippen LogP contribution >= 0.6 is 0 Å². The van der Waals surface area contributed by atoms with E-state index in [0.717, 1.165) is 30.4 Å². The number of aromatic carboxylic acids is 1. The zero-order valence-corrected chi connectivity index (χ0v) is 8.57. The molecule has 0 heterocycles. The average Bonchev–Trinajstić information content (AvgIpc) is 2.27. The molecule has 0 spiro atoms. The lowest BCUT2D eigenvalue weighted by atomic mass is 9.81. The maximum Gasteiger partial charge on any atom is 0.335 e. The molecule has 3 nitrogen and oxygen atoms in total. The summed E-state index contributed by atoms with van der Waals surface area (Å²) in [6.07, 6.45) is 2.99. The van der Waals surface area contributed by atoms with Crippen LogP contribution < -0.4 is 5.73 Å². The van der Waals surface area contributed by atoms with Gasteiger partial charge in [0, 0.05) is 0 Å². The molecule has 0 fully saturated rings. The van der Waals surface area contributed by atoms with Crippen molar-refractivity contribution in [2.45, 2.75) is 25.2 Å². The summed E-state index contributed by atoms with van der Waals surface area (Å²) in [6.45, 7) is 0.607. The van der Waals surface area contributed by atoms with E-state index in [-0.39, 0.29) is 0 Å². The van der Waals surface area contributed by atoms with Gasteiger partial charge in [-0.25, -0.2) is 4.79 Å². The molecule has 80 valence electrons. The molecule has 0 aliphatic heterocycles. The molecule has 0 bridgehead atoms. The molecule has 1 aromatic carbocycles. The highest BCUT2D eigenvalue weighted by Gasteiger charge is 2.22. The number of hydrogen-bond acceptors (Lipinski definition) is 2. The highest BCUT2D eigenvalue weighted by molar-refractivity contribution is 5.90. The minimum atomic E-state index is -0.829. The molecule has 0 saturated carbocycles. The Morgan fingerprint density at radius 1 is 1.53 bits per heavy atom. The van der Waals surface area contributed by atoms with Crippen LogP contribution in [0.15, 0.2) is 18.2 Å². The van der Waals surface area contributed by atoms with Gasteiger partial charge >= 0.3 is 5.97 Å². The summed E-state index contributed by atoms with van der Waals surface area (Å²) in [7, 11) is 0. The Bertz CT molecular complexity index is 387. The number of nitrogens with two attached hydrogens (primary N) is 1. The van der Waals surface area contributed by atoms with Crippen molar-refractivity contribution in [2.75, 3.05) is 6.54 Å². The fourth-order valence-corrected chi connectivity index (χ4v) is 2.39. The van der Waals surface area contributed by atoms with E-state index < -0.39 is 5.97 Å². The van der Waals surface area contributed by atoms with Gasteiger partial charge in [0.15, 0.2) is 0 Å². The molecular formula is C12H15NO2. The summed E-state index contributed by atoms with van der Waals surface area (Å²) < 4.78 is 0. The van der Waals surface area contributed by atoms with Gasteiger partial charge in [-0.2, -0.15) is 0 Å². The Hall–Kier alpha value is -1.35. The van der Waals surface area contributed by atoms with E-state index in [1.807, 2.05) is 12.1 Å². The van der Waals surface area contributed by atoms with Gasteiger partial charge < -0.3 is 10.8 Å². The molecule has 2 rings (SSSR count). The van der Waals surface area contributed by atoms with Crippen LogP contribution in [0, 0.1) is 0 Å². The summed E-state index contributed by atoms with van der Waals surface area (Å²) in [5, 5.41) is 9.07. The molecule has 3 heteroatoms. The normalized spacial score (nSPS) is 19.7. The van der Waals surface area contributed by atoms with Crippen molar-refractivity contribution < 1.29 is 9.90 Å². The Kier molecular flexibility index (Phi) is 2.73. The SMILES string of the molecule is NCC1CCCc2c(C(=O)O)cccc21. The molecule has 3 N–H and O–H groups in total. The number of hydrogen-bond donors (Lipinski definition) is 2. The van der Waals surface area contributed by atoms with Crippen LogP contribution in [-0.4, -0.2) is 17.6 Å². The first-order chi connectivity index (χ1) is 7.24. The van der Waals surface area contributed by atoms with Gasteiger partial charge in [-0.3, -0.25) is 0 Å². The quantitative estimate of drug-likeness (QED) is 0.773. The molecule has 1 atom stereocenters. The maximum atomic E-state index is 11.0. The second-order valence-corrected chi connectivity index (χ2v) is 4.00. The lowest BCUT2D eigenvalue weighted by molar-refractivity contribution is 0.0695. The van der Waals surface area contributed by atoms with E-state index >= 15 is 0 Å². The molecule has 15 heavy (non-hydrogen) atoms. The Balaban J connectivity index is 2.50. The lowest BCUT2D eigenvalue weighted by Crippen LogP contribution is -2.20. The van der Waals surface area contributed by atoms with Crippen LogP contribution in [0.2, 0.25) is 0 Å². The summed E-state index contributed by atoms with van der Waals surface area (Å²) in [4.78, 5) is 11.0. The fraction of sp³-hybridized carbons (Fsp3) is 0.417. The number of carboxylic acid groups (broad SMARTS) is 1. The highest BCUT2D eigenvalue weighted by atomic mass is 16.4. The second-order valence-electron chi connectivity index (χ2n) is 4.00. The Morgan fingerprint density at radius 3 is 3.00 bits per heavy atom. The monoisotopic (exact) mass is 205 g/mol. The van der Waals surface area contributed by atoms with Crippen molar-refractivity contribution in [2.24, 2.45) is 5.73 Å². The van der Waals surface area contributed by atoms with Gasteiger partial charge in [-0.1, -0.05) is 12.1 Å². The molecule has 0 aromatic heterocycles. The molecule has 1 aliphatic rings. The first-order valence-electron chi connectivity index (χ1n) is 5.29. The Labute approximate surface area is 88.9 Å². The maximum absolute atomic E-state index is 11.0. The van der Waals surface area contributed by atoms with Gasteiger partial charge in [-0.15, -0.1) is 0 Å². The van der Waals surface area contributed by atoms with Gasteiger partial charge in [0.2, 0.25) is 0 Å². The fourth-order valence-electron chi connectivity index (χ4n) is 2.39. The molecular weight excluding hydrogens is 190 g/mol. The third kappa shape index (κ3) is 1.75. The lowest BCUT2D eigenvalue weighted by Gasteiger charge is -2.25. The molecule has 1 aromatic rings. The largest absolute Gasteiger partial charge is 0.478 e. The van der Waals surface area contributed by atoms with E-state index in [0.29, 0.717) is 18.0 Å². The van der Waals surface area contributed by atoms with Crippen molar-refractivity contribution in [3.63, 3.8) is 0 Å². The molecule has 0 saturated heterocycles. The minimum absolute atomic E-state index is 0.341. The van der Waals surface area contributed by atoms with E-state index in [4.69, 9.17) is 10.8 Å². The van der Waals surface area contributed by atoms with Crippen LogP contribution in [0.3, 0.4) is 0 Å². The Morgan fingerprint density at radius 2 is 2.33 bits per heavy atom. The van der Waals surface area contributed by atoms with Gasteiger partial charge in [-0.05, 0) is 48.9 Å². The van der Waals surface area contributed by atoms with E-state index in [2.05, 4.69) is 0 Å². The molecule has 0 radical (unpaired) electrons. The summed E-state index contributed by atoms with van der Waals surface area (Å²) >= 11 is 0. The summed E-state index contributed by atoms with van der Waals surface area (Å²) in [5.74, 6) is -0.488. The van der Waals surface area contributed by atoms with E-state index in [1.54, 1.807) is 6.07 Å². The van der Waals surface area contributed by atoms with Crippen molar-refractivity contribution >= 4 is 5.97 Å². The predicted octanol–water partition coefficient (Wildman–Crippen LogP) is 1.76. The first kappa shape index (κ1) is 10.2. The standard InChI is InChI=1S/C12H15NO2/c13-7-8-3-1-5-10-9(8)4-2-6-11(10)12(14)15/h2,4,6,8H,1,3,5,7,13H2,(H,14,15). The molecule has 0 amide bonds. The van der Waals surface area contributed by atoms with Crippen molar-refractivity contribution in [3.05, 3.63) is 34.9 Å². The van der Waals surface area contributed by atoms with Crippen LogP contribution in [-0.2, 0) is 6.42 Å². The third-order valence-corrected chi connectivity index (χ3v) is 3.15. The summed E-state index contributed by atoms with van der Waals surface area (Å²) in [6, 6.07) is 5.51. The zero-order chi connectivity index (χ0) is 10.8. The van der Waals surface area contributed by atoms with Gasteiger partial charge in [0.05, 0.1) is 5.56 Å². The molecule has 1 unspecified atom stereocenters. The second kappa shape index (κ2) is 4.03. The first-order valence-corrected chi connectivity index (χ1v) is 5.29. The smallest absolute Gasteiger partial charge is 0.335 e. The minimum Gasteiger partial charge on any atom is -0.478 e. The predicted molar refractivity (Wildman–Crippen MR) is 58.1 cm³/mol. The number of benzene rings is 1. The van der Waals surface area contributed by atoms with E-state index in [9.17, 15) is 4.79 Å². The van der Waals surface area contributed by atoms with Crippen molar-refractivity contribution in [1.29, 1.82) is 0 Å². The number of carbonyl (C=O) groups is 1. The van der Waals surface area contributed by atoms with E-state index in [1.165, 1.54) is 0 Å². The van der Waals surface area contributed by atoms with Crippen LogP contribution in [0.4, 0.5) is 0 Å². The number of fused-ring (bicyclic) bond motifs is 1. The number of carboxylic acids is 1. The third-order valence-electron chi connectivity index (χ3n) is 3.15. The average molecular weight is 205 g/mol. The summed E-state index contributed by atoms with van der Waals surface area (Å²) in [5.41, 5.74) is 8.28. The topological polar surface area (TPSA) is 63.3 Å². The van der Waals surface area contributed by atoms with Crippen LogP contribution in [0.1, 0.15) is 40.2 Å². The van der Waals surface area contributed by atoms with Gasteiger partial charge in [0.25, 0.3) is 0 Å². The molecule has 1 aliphatic carbocycles.